The second kappa shape index (κ2) is 7.69. The van der Waals surface area contributed by atoms with Crippen molar-refractivity contribution in [3.05, 3.63) is 95.8 Å². The molecule has 1 N–H and O–H groups in total. The fraction of sp³-hybridized carbons (Fsp3) is 0.0870. The van der Waals surface area contributed by atoms with Crippen molar-refractivity contribution in [1.82, 2.24) is 19.7 Å². The molecule has 2 aromatic carbocycles. The number of nitrogens with zero attached hydrogens (tertiary/aromatic N) is 5. The number of rotatable bonds is 3. The maximum absolute atomic E-state index is 14.7. The van der Waals surface area contributed by atoms with Crippen molar-refractivity contribution in [3.8, 4) is 0 Å². The van der Waals surface area contributed by atoms with Gasteiger partial charge in [-0.1, -0.05) is 30.3 Å². The summed E-state index contributed by atoms with van der Waals surface area (Å²) in [6.07, 6.45) is 4.91. The minimum Gasteiger partial charge on any atom is -0.322 e. The van der Waals surface area contributed by atoms with Crippen LogP contribution in [0, 0.1) is 5.82 Å². The Hall–Kier alpha value is -4.40. The summed E-state index contributed by atoms with van der Waals surface area (Å²) in [6.45, 7) is 0. The number of aliphatic imine (C=N–C) groups is 1. The molecule has 2 amide bonds. The Labute approximate surface area is 182 Å². The van der Waals surface area contributed by atoms with Gasteiger partial charge < -0.3 is 10.2 Å². The van der Waals surface area contributed by atoms with Crippen LogP contribution < -0.4 is 10.2 Å². The first-order valence-electron chi connectivity index (χ1n) is 9.82. The summed E-state index contributed by atoms with van der Waals surface area (Å²) < 4.78 is 16.3. The second-order valence-corrected chi connectivity index (χ2v) is 7.23. The summed E-state index contributed by atoms with van der Waals surface area (Å²) in [5.41, 5.74) is 1.91. The predicted molar refractivity (Wildman–Crippen MR) is 116 cm³/mol. The van der Waals surface area contributed by atoms with Crippen LogP contribution in [0.4, 0.5) is 10.1 Å². The van der Waals surface area contributed by atoms with Crippen molar-refractivity contribution in [1.29, 1.82) is 0 Å². The molecule has 0 aliphatic carbocycles. The van der Waals surface area contributed by atoms with Crippen molar-refractivity contribution in [2.45, 2.75) is 6.17 Å². The van der Waals surface area contributed by atoms with E-state index in [-0.39, 0.29) is 16.8 Å². The monoisotopic (exact) mass is 428 g/mol. The number of carbonyl (C=O) groups is 2. The van der Waals surface area contributed by atoms with E-state index in [9.17, 15) is 14.0 Å². The number of halogens is 1. The minimum atomic E-state index is -1.26. The maximum atomic E-state index is 14.7. The van der Waals surface area contributed by atoms with Gasteiger partial charge in [-0.05, 0) is 18.2 Å². The van der Waals surface area contributed by atoms with Crippen molar-refractivity contribution in [3.63, 3.8) is 0 Å². The van der Waals surface area contributed by atoms with E-state index in [1.54, 1.807) is 72.5 Å². The number of nitrogens with one attached hydrogen (secondary N) is 1. The Balaban J connectivity index is 1.58. The molecule has 1 atom stereocenters. The molecule has 0 radical (unpaired) electrons. The number of benzene rings is 2. The molecule has 0 fully saturated rings. The van der Waals surface area contributed by atoms with Crippen LogP contribution >= 0.6 is 0 Å². The van der Waals surface area contributed by atoms with Gasteiger partial charge in [-0.15, -0.1) is 0 Å². The highest BCUT2D eigenvalue weighted by Gasteiger charge is 2.32. The molecular weight excluding hydrogens is 411 g/mol. The van der Waals surface area contributed by atoms with Gasteiger partial charge in [0, 0.05) is 43.0 Å². The Kier molecular flexibility index (Phi) is 4.70. The third-order valence-electron chi connectivity index (χ3n) is 5.25. The number of hydrogen-bond donors (Lipinski definition) is 1. The molecule has 5 rings (SSSR count). The average Bonchev–Trinajstić information content (AvgIpc) is 3.26. The molecule has 2 aromatic heterocycles. The average molecular weight is 428 g/mol. The van der Waals surface area contributed by atoms with Crippen LogP contribution in [0.25, 0.3) is 5.78 Å². The molecule has 0 saturated heterocycles. The Morgan fingerprint density at radius 3 is 2.62 bits per heavy atom. The van der Waals surface area contributed by atoms with Crippen molar-refractivity contribution in [2.24, 2.45) is 4.99 Å². The highest BCUT2D eigenvalue weighted by Crippen LogP contribution is 2.28. The highest BCUT2D eigenvalue weighted by molar-refractivity contribution is 6.20. The topological polar surface area (TPSA) is 92.0 Å². The molecule has 1 aliphatic rings. The molecular formula is C23H17FN6O2. The van der Waals surface area contributed by atoms with E-state index in [0.29, 0.717) is 17.0 Å². The van der Waals surface area contributed by atoms with Crippen molar-refractivity contribution < 1.29 is 14.0 Å². The molecule has 9 heteroatoms. The van der Waals surface area contributed by atoms with Gasteiger partial charge in [-0.25, -0.2) is 19.4 Å². The number of anilines is 1. The van der Waals surface area contributed by atoms with Gasteiger partial charge in [0.05, 0.1) is 17.0 Å². The van der Waals surface area contributed by atoms with Crippen LogP contribution in [0.15, 0.2) is 78.3 Å². The second-order valence-electron chi connectivity index (χ2n) is 7.23. The third kappa shape index (κ3) is 3.29. The summed E-state index contributed by atoms with van der Waals surface area (Å²) >= 11 is 0. The Morgan fingerprint density at radius 2 is 1.81 bits per heavy atom. The molecule has 3 heterocycles. The molecule has 1 unspecified atom stereocenters. The highest BCUT2D eigenvalue weighted by atomic mass is 19.1. The lowest BCUT2D eigenvalue weighted by Crippen LogP contribution is -2.46. The van der Waals surface area contributed by atoms with Crippen LogP contribution in [-0.4, -0.2) is 45.1 Å². The first-order valence-corrected chi connectivity index (χ1v) is 9.82. The van der Waals surface area contributed by atoms with Crippen LogP contribution in [-0.2, 0) is 4.79 Å². The number of carbonyl (C=O) groups excluding carboxylic acids is 2. The van der Waals surface area contributed by atoms with Gasteiger partial charge in [0.2, 0.25) is 11.9 Å². The molecule has 4 aromatic rings. The first kappa shape index (κ1) is 19.6. The molecule has 1 aliphatic heterocycles. The van der Waals surface area contributed by atoms with E-state index < -0.39 is 23.8 Å². The predicted octanol–water partition coefficient (Wildman–Crippen LogP) is 2.44. The van der Waals surface area contributed by atoms with Crippen LogP contribution in [0.1, 0.15) is 21.5 Å². The van der Waals surface area contributed by atoms with Gasteiger partial charge in [0.25, 0.3) is 11.8 Å². The van der Waals surface area contributed by atoms with Crippen molar-refractivity contribution in [2.75, 3.05) is 11.9 Å². The van der Waals surface area contributed by atoms with E-state index in [1.807, 2.05) is 0 Å². The lowest BCUT2D eigenvalue weighted by molar-refractivity contribution is -0.119. The Morgan fingerprint density at radius 1 is 1.06 bits per heavy atom. The molecule has 0 bridgehead atoms. The van der Waals surface area contributed by atoms with E-state index in [4.69, 9.17) is 0 Å². The van der Waals surface area contributed by atoms with Gasteiger partial charge in [0.15, 0.2) is 0 Å². The van der Waals surface area contributed by atoms with E-state index in [2.05, 4.69) is 20.3 Å². The van der Waals surface area contributed by atoms with Gasteiger partial charge in [-0.3, -0.25) is 14.0 Å². The Bertz CT molecular complexity index is 1400. The van der Waals surface area contributed by atoms with Crippen LogP contribution in [0.3, 0.4) is 0 Å². The van der Waals surface area contributed by atoms with E-state index in [1.165, 1.54) is 17.2 Å². The van der Waals surface area contributed by atoms with Crippen molar-refractivity contribution >= 4 is 29.0 Å². The molecule has 0 saturated carbocycles. The number of fused-ring (bicyclic) bond motifs is 2. The number of amides is 2. The minimum absolute atomic E-state index is 0.232. The van der Waals surface area contributed by atoms with Crippen LogP contribution in [0.5, 0.6) is 0 Å². The summed E-state index contributed by atoms with van der Waals surface area (Å²) in [6, 6.07) is 13.3. The summed E-state index contributed by atoms with van der Waals surface area (Å²) in [5.74, 6) is -1.02. The number of hydrogen-bond acceptors (Lipinski definition) is 5. The summed E-state index contributed by atoms with van der Waals surface area (Å²) in [7, 11) is 1.60. The molecule has 8 nitrogen and oxygen atoms in total. The SMILES string of the molecule is CN1C(=O)C(NC(=O)c2cnc3nccn3c2)N=C(c2ccccc2F)c2ccccc21. The fourth-order valence-corrected chi connectivity index (χ4v) is 3.63. The fourth-order valence-electron chi connectivity index (χ4n) is 3.63. The van der Waals surface area contributed by atoms with Gasteiger partial charge >= 0.3 is 0 Å². The number of aromatic nitrogens is 3. The van der Waals surface area contributed by atoms with E-state index >= 15 is 0 Å². The third-order valence-corrected chi connectivity index (χ3v) is 5.25. The molecule has 0 spiro atoms. The molecule has 32 heavy (non-hydrogen) atoms. The normalized spacial score (nSPS) is 15.8. The quantitative estimate of drug-likeness (QED) is 0.543. The number of benzodiazepines with no additional fused rings is 1. The molecule has 158 valence electrons. The van der Waals surface area contributed by atoms with E-state index in [0.717, 1.165) is 0 Å². The number of likely N-dealkylation sites (N-methyl/N-ethyl adjacent to an activating group) is 1. The summed E-state index contributed by atoms with van der Waals surface area (Å²) in [4.78, 5) is 40.2. The largest absolute Gasteiger partial charge is 0.322 e. The smallest absolute Gasteiger partial charge is 0.272 e. The van der Waals surface area contributed by atoms with Gasteiger partial charge in [0.1, 0.15) is 5.82 Å². The first-order chi connectivity index (χ1) is 15.5. The zero-order valence-corrected chi connectivity index (χ0v) is 16.9. The zero-order chi connectivity index (χ0) is 22.2. The summed E-state index contributed by atoms with van der Waals surface area (Å²) in [5, 5.41) is 2.65. The number of imidazole rings is 1. The van der Waals surface area contributed by atoms with Gasteiger partial charge in [-0.2, -0.15) is 0 Å². The lowest BCUT2D eigenvalue weighted by atomic mass is 10.00. The number of para-hydroxylation sites is 1. The lowest BCUT2D eigenvalue weighted by Gasteiger charge is -2.20. The standard InChI is InChI=1S/C23H17FN6O2/c1-29-18-9-5-3-7-16(18)19(15-6-2-4-8-17(15)24)27-20(22(29)32)28-21(31)14-12-26-23-25-10-11-30(23)13-14/h2-13,20H,1H3,(H,28,31). The van der Waals surface area contributed by atoms with Crippen LogP contribution in [0.2, 0.25) is 0 Å². The maximum Gasteiger partial charge on any atom is 0.272 e. The zero-order valence-electron chi connectivity index (χ0n) is 16.9.